The van der Waals surface area contributed by atoms with Crippen molar-refractivity contribution in [2.45, 2.75) is 30.8 Å². The SMILES string of the molecule is O=C(CSc1nnc2c3c4c(sc3ncn12)CCCC4)NNC(=O)c1ccco1. The van der Waals surface area contributed by atoms with Crippen molar-refractivity contribution in [3.63, 3.8) is 0 Å². The average Bonchev–Trinajstić information content (AvgIpc) is 3.47. The molecule has 4 aromatic rings. The minimum Gasteiger partial charge on any atom is -0.459 e. The number of hydrazine groups is 1. The molecule has 2 N–H and O–H groups in total. The number of thioether (sulfide) groups is 1. The Kier molecular flexibility index (Phi) is 4.68. The molecule has 0 spiro atoms. The van der Waals surface area contributed by atoms with Crippen molar-refractivity contribution < 1.29 is 14.0 Å². The summed E-state index contributed by atoms with van der Waals surface area (Å²) >= 11 is 2.97. The number of carbonyl (C=O) groups is 2. The van der Waals surface area contributed by atoms with Gasteiger partial charge in [0.2, 0.25) is 5.91 Å². The molecule has 0 radical (unpaired) electrons. The Labute approximate surface area is 172 Å². The molecular weight excluding hydrogens is 412 g/mol. The van der Waals surface area contributed by atoms with Crippen LogP contribution in [0.5, 0.6) is 0 Å². The number of rotatable bonds is 4. The summed E-state index contributed by atoms with van der Waals surface area (Å²) in [5.41, 5.74) is 6.79. The van der Waals surface area contributed by atoms with E-state index in [1.54, 1.807) is 23.7 Å². The molecule has 5 rings (SSSR count). The van der Waals surface area contributed by atoms with E-state index in [-0.39, 0.29) is 17.4 Å². The highest BCUT2D eigenvalue weighted by molar-refractivity contribution is 7.99. The number of hydrogen-bond acceptors (Lipinski definition) is 8. The Morgan fingerprint density at radius 1 is 1.24 bits per heavy atom. The zero-order valence-electron chi connectivity index (χ0n) is 15.2. The van der Waals surface area contributed by atoms with Crippen molar-refractivity contribution in [3.8, 4) is 0 Å². The van der Waals surface area contributed by atoms with Crippen LogP contribution in [0.15, 0.2) is 34.3 Å². The van der Waals surface area contributed by atoms with Gasteiger partial charge in [-0.25, -0.2) is 4.98 Å². The number of nitrogens with zero attached hydrogens (tertiary/aromatic N) is 4. The van der Waals surface area contributed by atoms with Gasteiger partial charge in [-0.2, -0.15) is 0 Å². The maximum Gasteiger partial charge on any atom is 0.305 e. The first-order valence-electron chi connectivity index (χ1n) is 9.10. The number of aromatic nitrogens is 4. The number of furan rings is 1. The van der Waals surface area contributed by atoms with Gasteiger partial charge in [0.1, 0.15) is 11.2 Å². The van der Waals surface area contributed by atoms with Crippen LogP contribution in [0.2, 0.25) is 0 Å². The minimum atomic E-state index is -0.518. The van der Waals surface area contributed by atoms with Crippen molar-refractivity contribution in [1.82, 2.24) is 30.4 Å². The highest BCUT2D eigenvalue weighted by atomic mass is 32.2. The Balaban J connectivity index is 1.29. The molecule has 0 atom stereocenters. The van der Waals surface area contributed by atoms with Crippen LogP contribution in [0, 0.1) is 0 Å². The van der Waals surface area contributed by atoms with Crippen LogP contribution in [-0.2, 0) is 17.6 Å². The van der Waals surface area contributed by atoms with E-state index >= 15 is 0 Å². The highest BCUT2D eigenvalue weighted by Crippen LogP contribution is 2.37. The van der Waals surface area contributed by atoms with Gasteiger partial charge in [0, 0.05) is 4.88 Å². The Hall–Kier alpha value is -2.92. The third-order valence-corrected chi connectivity index (χ3v) is 6.87. The van der Waals surface area contributed by atoms with E-state index in [2.05, 4.69) is 26.0 Å². The quantitative estimate of drug-likeness (QED) is 0.379. The monoisotopic (exact) mass is 428 g/mol. The molecule has 0 unspecified atom stereocenters. The van der Waals surface area contributed by atoms with Gasteiger partial charge in [0.15, 0.2) is 16.6 Å². The third kappa shape index (κ3) is 3.36. The summed E-state index contributed by atoms with van der Waals surface area (Å²) in [4.78, 5) is 30.8. The molecule has 0 fully saturated rings. The van der Waals surface area contributed by atoms with Gasteiger partial charge in [-0.05, 0) is 43.4 Å². The zero-order chi connectivity index (χ0) is 19.8. The van der Waals surface area contributed by atoms with Crippen LogP contribution >= 0.6 is 23.1 Å². The number of thiophene rings is 1. The summed E-state index contributed by atoms with van der Waals surface area (Å²) in [7, 11) is 0. The fourth-order valence-electron chi connectivity index (χ4n) is 3.40. The number of aryl methyl sites for hydroxylation is 2. The lowest BCUT2D eigenvalue weighted by molar-refractivity contribution is -0.119. The average molecular weight is 428 g/mol. The Morgan fingerprint density at radius 3 is 3.00 bits per heavy atom. The largest absolute Gasteiger partial charge is 0.459 e. The van der Waals surface area contributed by atoms with Crippen molar-refractivity contribution in [3.05, 3.63) is 40.9 Å². The summed E-state index contributed by atoms with van der Waals surface area (Å²) in [6, 6.07) is 3.11. The zero-order valence-corrected chi connectivity index (χ0v) is 16.8. The second kappa shape index (κ2) is 7.48. The van der Waals surface area contributed by atoms with Gasteiger partial charge < -0.3 is 4.42 Å². The molecule has 11 heteroatoms. The third-order valence-electron chi connectivity index (χ3n) is 4.72. The Morgan fingerprint density at radius 2 is 2.14 bits per heavy atom. The van der Waals surface area contributed by atoms with Gasteiger partial charge in [0.05, 0.1) is 17.4 Å². The van der Waals surface area contributed by atoms with Crippen molar-refractivity contribution in [2.24, 2.45) is 0 Å². The lowest BCUT2D eigenvalue weighted by Crippen LogP contribution is -2.42. The maximum atomic E-state index is 12.1. The van der Waals surface area contributed by atoms with E-state index in [0.29, 0.717) is 5.16 Å². The molecule has 4 heterocycles. The summed E-state index contributed by atoms with van der Waals surface area (Å²) in [5.74, 6) is -0.696. The van der Waals surface area contributed by atoms with Crippen LogP contribution in [-0.4, -0.2) is 37.1 Å². The molecule has 4 aromatic heterocycles. The fraction of sp³-hybridized carbons (Fsp3) is 0.278. The predicted molar refractivity (Wildman–Crippen MR) is 108 cm³/mol. The van der Waals surface area contributed by atoms with Crippen molar-refractivity contribution in [2.75, 3.05) is 5.75 Å². The van der Waals surface area contributed by atoms with E-state index in [4.69, 9.17) is 4.42 Å². The van der Waals surface area contributed by atoms with Gasteiger partial charge in [-0.1, -0.05) is 11.8 Å². The Bertz CT molecular complexity index is 1210. The lowest BCUT2D eigenvalue weighted by Gasteiger charge is -2.10. The number of carbonyl (C=O) groups excluding carboxylic acids is 2. The predicted octanol–water partition coefficient (Wildman–Crippen LogP) is 2.36. The second-order valence-electron chi connectivity index (χ2n) is 6.58. The highest BCUT2D eigenvalue weighted by Gasteiger charge is 2.21. The number of amides is 2. The first-order chi connectivity index (χ1) is 14.2. The van der Waals surface area contributed by atoms with E-state index in [9.17, 15) is 9.59 Å². The summed E-state index contributed by atoms with van der Waals surface area (Å²) in [5, 5.41) is 10.3. The van der Waals surface area contributed by atoms with E-state index in [1.807, 2.05) is 4.40 Å². The molecule has 1 aliphatic carbocycles. The molecule has 1 aliphatic rings. The molecule has 0 aliphatic heterocycles. The first-order valence-corrected chi connectivity index (χ1v) is 10.9. The van der Waals surface area contributed by atoms with E-state index < -0.39 is 5.91 Å². The molecular formula is C18H16N6O3S2. The summed E-state index contributed by atoms with van der Waals surface area (Å²) < 4.78 is 6.79. The van der Waals surface area contributed by atoms with Gasteiger partial charge in [-0.15, -0.1) is 21.5 Å². The van der Waals surface area contributed by atoms with Crippen LogP contribution in [0.25, 0.3) is 15.9 Å². The van der Waals surface area contributed by atoms with E-state index in [1.165, 1.54) is 47.4 Å². The fourth-order valence-corrected chi connectivity index (χ4v) is 5.32. The molecule has 0 saturated heterocycles. The summed E-state index contributed by atoms with van der Waals surface area (Å²) in [6.07, 6.45) is 7.64. The number of nitrogens with one attached hydrogen (secondary N) is 2. The molecule has 0 saturated carbocycles. The second-order valence-corrected chi connectivity index (χ2v) is 8.61. The number of fused-ring (bicyclic) bond motifs is 5. The molecule has 0 bridgehead atoms. The molecule has 148 valence electrons. The van der Waals surface area contributed by atoms with Crippen LogP contribution in [0.3, 0.4) is 0 Å². The molecule has 9 nitrogen and oxygen atoms in total. The van der Waals surface area contributed by atoms with Crippen molar-refractivity contribution in [1.29, 1.82) is 0 Å². The van der Waals surface area contributed by atoms with E-state index in [0.717, 1.165) is 28.7 Å². The lowest BCUT2D eigenvalue weighted by atomic mass is 9.97. The topological polar surface area (TPSA) is 114 Å². The van der Waals surface area contributed by atoms with Gasteiger partial charge in [0.25, 0.3) is 0 Å². The number of hydrogen-bond donors (Lipinski definition) is 2. The standard InChI is InChI=1S/C18H16N6O3S2/c25-13(20-22-16(26)11-5-3-7-27-11)8-28-18-23-21-15-14-10-4-1-2-6-12(10)29-17(14)19-9-24(15)18/h3,5,7,9H,1-2,4,6,8H2,(H,20,25)(H,22,26). The molecule has 2 amide bonds. The van der Waals surface area contributed by atoms with Crippen LogP contribution in [0.4, 0.5) is 0 Å². The molecule has 0 aromatic carbocycles. The van der Waals surface area contributed by atoms with Crippen LogP contribution < -0.4 is 10.9 Å². The minimum absolute atomic E-state index is 0.0685. The first kappa shape index (κ1) is 18.1. The maximum absolute atomic E-state index is 12.1. The smallest absolute Gasteiger partial charge is 0.305 e. The van der Waals surface area contributed by atoms with Crippen LogP contribution in [0.1, 0.15) is 33.8 Å². The van der Waals surface area contributed by atoms with Gasteiger partial charge >= 0.3 is 5.91 Å². The molecule has 29 heavy (non-hydrogen) atoms. The van der Waals surface area contributed by atoms with Gasteiger partial charge in [-0.3, -0.25) is 24.8 Å². The normalized spacial score (nSPS) is 13.5. The van der Waals surface area contributed by atoms with Crippen molar-refractivity contribution >= 4 is 50.8 Å². The summed E-state index contributed by atoms with van der Waals surface area (Å²) in [6.45, 7) is 0.